The van der Waals surface area contributed by atoms with E-state index in [-0.39, 0.29) is 28.7 Å². The van der Waals surface area contributed by atoms with Crippen LogP contribution in [0.25, 0.3) is 0 Å². The van der Waals surface area contributed by atoms with Gasteiger partial charge in [0.1, 0.15) is 0 Å². The van der Waals surface area contributed by atoms with Gasteiger partial charge in [-0.2, -0.15) is 11.8 Å². The number of anilines is 1. The Morgan fingerprint density at radius 1 is 1.37 bits per heavy atom. The minimum atomic E-state index is 0. The van der Waals surface area contributed by atoms with E-state index in [2.05, 4.69) is 67.0 Å². The van der Waals surface area contributed by atoms with Gasteiger partial charge in [-0.15, -0.1) is 24.0 Å². The summed E-state index contributed by atoms with van der Waals surface area (Å²) in [6.45, 7) is 4.70. The molecule has 0 radical (unpaired) electrons. The van der Waals surface area contributed by atoms with Crippen LogP contribution < -0.4 is 15.5 Å². The molecule has 2 heterocycles. The third-order valence-electron chi connectivity index (χ3n) is 5.36. The van der Waals surface area contributed by atoms with Gasteiger partial charge in [0.25, 0.3) is 0 Å². The number of benzene rings is 1. The van der Waals surface area contributed by atoms with Crippen LogP contribution in [-0.4, -0.2) is 62.9 Å². The van der Waals surface area contributed by atoms with Crippen LogP contribution in [0.4, 0.5) is 5.69 Å². The van der Waals surface area contributed by atoms with E-state index in [4.69, 9.17) is 4.74 Å². The summed E-state index contributed by atoms with van der Waals surface area (Å²) in [6, 6.07) is 8.84. The highest BCUT2D eigenvalue weighted by Gasteiger charge is 2.32. The molecule has 0 bridgehead atoms. The summed E-state index contributed by atoms with van der Waals surface area (Å²) in [5, 5.41) is 7.17. The van der Waals surface area contributed by atoms with Crippen molar-refractivity contribution in [3.05, 3.63) is 28.7 Å². The van der Waals surface area contributed by atoms with Gasteiger partial charge < -0.3 is 20.3 Å². The second-order valence-electron chi connectivity index (χ2n) is 6.95. The standard InChI is InChI=1S/C19H29BrN4OS.HI/c1-21-18(22-14-19(26-2)8-11-25-12-9-19)23-15-7-10-24(13-15)17-6-4-3-5-16(17)20;/h3-6,15H,7-14H2,1-2H3,(H2,21,22,23);1H. The van der Waals surface area contributed by atoms with Crippen molar-refractivity contribution in [2.24, 2.45) is 4.99 Å². The Morgan fingerprint density at radius 3 is 2.78 bits per heavy atom. The van der Waals surface area contributed by atoms with Crippen molar-refractivity contribution < 1.29 is 4.74 Å². The number of hydrogen-bond acceptors (Lipinski definition) is 4. The first-order valence-corrected chi connectivity index (χ1v) is 11.3. The minimum Gasteiger partial charge on any atom is -0.381 e. The smallest absolute Gasteiger partial charge is 0.191 e. The van der Waals surface area contributed by atoms with Crippen molar-refractivity contribution in [2.45, 2.75) is 30.1 Å². The van der Waals surface area contributed by atoms with Gasteiger partial charge in [0.05, 0.1) is 5.69 Å². The number of guanidine groups is 1. The zero-order valence-corrected chi connectivity index (χ0v) is 20.8. The molecule has 1 aromatic carbocycles. The predicted octanol–water partition coefficient (Wildman–Crippen LogP) is 3.72. The third-order valence-corrected chi connectivity index (χ3v) is 7.45. The molecule has 27 heavy (non-hydrogen) atoms. The first kappa shape index (κ1) is 23.1. The molecule has 0 aromatic heterocycles. The van der Waals surface area contributed by atoms with Crippen LogP contribution in [0.3, 0.4) is 0 Å². The summed E-state index contributed by atoms with van der Waals surface area (Å²) in [5.41, 5.74) is 1.27. The van der Waals surface area contributed by atoms with Crippen LogP contribution in [0, 0.1) is 0 Å². The highest BCUT2D eigenvalue weighted by molar-refractivity contribution is 14.0. The SMILES string of the molecule is CN=C(NCC1(SC)CCOCC1)NC1CCN(c2ccccc2Br)C1.I. The molecular weight excluding hydrogens is 539 g/mol. The molecule has 152 valence electrons. The lowest BCUT2D eigenvalue weighted by Crippen LogP contribution is -2.50. The van der Waals surface area contributed by atoms with Crippen molar-refractivity contribution in [1.29, 1.82) is 0 Å². The van der Waals surface area contributed by atoms with Gasteiger partial charge in [0.15, 0.2) is 5.96 Å². The van der Waals surface area contributed by atoms with E-state index in [1.165, 1.54) is 5.69 Å². The van der Waals surface area contributed by atoms with Crippen molar-refractivity contribution in [2.75, 3.05) is 51.1 Å². The summed E-state index contributed by atoms with van der Waals surface area (Å²) >= 11 is 5.61. The monoisotopic (exact) mass is 568 g/mol. The number of nitrogens with zero attached hydrogens (tertiary/aromatic N) is 2. The molecule has 3 rings (SSSR count). The number of nitrogens with one attached hydrogen (secondary N) is 2. The molecule has 0 spiro atoms. The predicted molar refractivity (Wildman–Crippen MR) is 131 cm³/mol. The van der Waals surface area contributed by atoms with Crippen LogP contribution in [0.2, 0.25) is 0 Å². The second-order valence-corrected chi connectivity index (χ2v) is 9.08. The Bertz CT molecular complexity index is 627. The second kappa shape index (κ2) is 11.1. The quantitative estimate of drug-likeness (QED) is 0.322. The van der Waals surface area contributed by atoms with Crippen molar-refractivity contribution in [1.82, 2.24) is 10.6 Å². The molecule has 8 heteroatoms. The average molecular weight is 569 g/mol. The molecule has 1 unspecified atom stereocenters. The molecule has 2 N–H and O–H groups in total. The number of rotatable bonds is 5. The fourth-order valence-corrected chi connectivity index (χ4v) is 4.96. The number of para-hydroxylation sites is 1. The molecule has 1 aromatic rings. The summed E-state index contributed by atoms with van der Waals surface area (Å²) in [6.07, 6.45) is 5.51. The topological polar surface area (TPSA) is 48.9 Å². The van der Waals surface area contributed by atoms with E-state index < -0.39 is 0 Å². The maximum absolute atomic E-state index is 5.53. The van der Waals surface area contributed by atoms with Crippen molar-refractivity contribution in [3.63, 3.8) is 0 Å². The Balaban J connectivity index is 0.00000261. The fraction of sp³-hybridized carbons (Fsp3) is 0.632. The molecule has 0 amide bonds. The number of ether oxygens (including phenoxy) is 1. The normalized spacial score (nSPS) is 22.3. The van der Waals surface area contributed by atoms with Gasteiger partial charge in [-0.05, 0) is 53.6 Å². The molecule has 5 nitrogen and oxygen atoms in total. The van der Waals surface area contributed by atoms with Crippen LogP contribution in [0.5, 0.6) is 0 Å². The minimum absolute atomic E-state index is 0. The highest BCUT2D eigenvalue weighted by atomic mass is 127. The highest BCUT2D eigenvalue weighted by Crippen LogP contribution is 2.33. The van der Waals surface area contributed by atoms with Gasteiger partial charge in [-0.1, -0.05) is 12.1 Å². The summed E-state index contributed by atoms with van der Waals surface area (Å²) in [4.78, 5) is 6.87. The third kappa shape index (κ3) is 6.14. The number of aliphatic imine (C=N–C) groups is 1. The van der Waals surface area contributed by atoms with Crippen LogP contribution in [0.15, 0.2) is 33.7 Å². The van der Waals surface area contributed by atoms with Crippen LogP contribution >= 0.6 is 51.7 Å². The van der Waals surface area contributed by atoms with E-state index in [1.54, 1.807) is 0 Å². The Kier molecular flexibility index (Phi) is 9.50. The molecule has 2 fully saturated rings. The van der Waals surface area contributed by atoms with Gasteiger partial charge in [0.2, 0.25) is 0 Å². The maximum Gasteiger partial charge on any atom is 0.191 e. The molecular formula is C19H30BrIN4OS. The molecule has 0 saturated carbocycles. The van der Waals surface area contributed by atoms with E-state index in [9.17, 15) is 0 Å². The summed E-state index contributed by atoms with van der Waals surface area (Å²) in [7, 11) is 1.85. The molecule has 0 aliphatic carbocycles. The maximum atomic E-state index is 5.53. The summed E-state index contributed by atoms with van der Waals surface area (Å²) in [5.74, 6) is 0.906. The lowest BCUT2D eigenvalue weighted by molar-refractivity contribution is 0.0782. The number of thioether (sulfide) groups is 1. The van der Waals surface area contributed by atoms with E-state index in [0.717, 1.165) is 62.5 Å². The van der Waals surface area contributed by atoms with Crippen LogP contribution in [-0.2, 0) is 4.74 Å². The Morgan fingerprint density at radius 2 is 2.11 bits per heavy atom. The van der Waals surface area contributed by atoms with Crippen LogP contribution in [0.1, 0.15) is 19.3 Å². The lowest BCUT2D eigenvalue weighted by atomic mass is 9.99. The van der Waals surface area contributed by atoms with E-state index in [1.807, 2.05) is 18.8 Å². The van der Waals surface area contributed by atoms with Gasteiger partial charge in [0, 0.05) is 55.2 Å². The lowest BCUT2D eigenvalue weighted by Gasteiger charge is -2.36. The Hall–Kier alpha value is -0.190. The van der Waals surface area contributed by atoms with Gasteiger partial charge in [-0.25, -0.2) is 0 Å². The largest absolute Gasteiger partial charge is 0.381 e. The van der Waals surface area contributed by atoms with Crippen molar-refractivity contribution >= 4 is 63.3 Å². The van der Waals surface area contributed by atoms with E-state index in [0.29, 0.717) is 6.04 Å². The van der Waals surface area contributed by atoms with E-state index >= 15 is 0 Å². The van der Waals surface area contributed by atoms with Gasteiger partial charge >= 0.3 is 0 Å². The molecule has 2 aliphatic heterocycles. The zero-order valence-electron chi connectivity index (χ0n) is 16.0. The molecule has 2 saturated heterocycles. The van der Waals surface area contributed by atoms with Crippen molar-refractivity contribution in [3.8, 4) is 0 Å². The molecule has 1 atom stereocenters. The Labute approximate surface area is 192 Å². The summed E-state index contributed by atoms with van der Waals surface area (Å²) < 4.78 is 6.95. The van der Waals surface area contributed by atoms with Gasteiger partial charge in [-0.3, -0.25) is 4.99 Å². The number of halogens is 2. The fourth-order valence-electron chi connectivity index (χ4n) is 3.63. The average Bonchev–Trinajstić information content (AvgIpc) is 3.14. The molecule has 2 aliphatic rings. The zero-order chi connectivity index (χ0) is 18.4. The first-order valence-electron chi connectivity index (χ1n) is 9.25. The number of hydrogen-bond donors (Lipinski definition) is 2. The first-order chi connectivity index (χ1) is 12.7.